The highest BCUT2D eigenvalue weighted by molar-refractivity contribution is 5.69. The van der Waals surface area contributed by atoms with Crippen LogP contribution in [0, 0.1) is 0 Å². The van der Waals surface area contributed by atoms with Gasteiger partial charge in [0.15, 0.2) is 0 Å². The molecule has 0 bridgehead atoms. The van der Waals surface area contributed by atoms with Crippen LogP contribution < -0.4 is 0 Å². The van der Waals surface area contributed by atoms with E-state index < -0.39 is 11.7 Å². The normalized spacial score (nSPS) is 25.5. The highest BCUT2D eigenvalue weighted by Gasteiger charge is 2.36. The molecule has 1 aliphatic heterocycles. The average molecular weight is 244 g/mol. The third-order valence-electron chi connectivity index (χ3n) is 2.60. The van der Waals surface area contributed by atoms with Crippen molar-refractivity contribution < 1.29 is 14.6 Å². The third kappa shape index (κ3) is 4.52. The summed E-state index contributed by atoms with van der Waals surface area (Å²) < 4.78 is 5.34. The van der Waals surface area contributed by atoms with Crippen molar-refractivity contribution in [3.05, 3.63) is 0 Å². The van der Waals surface area contributed by atoms with Crippen molar-refractivity contribution in [2.75, 3.05) is 27.2 Å². The number of amides is 1. The van der Waals surface area contributed by atoms with Crippen LogP contribution in [0.3, 0.4) is 0 Å². The van der Waals surface area contributed by atoms with Crippen molar-refractivity contribution in [3.8, 4) is 0 Å². The van der Waals surface area contributed by atoms with Crippen LogP contribution in [0.25, 0.3) is 0 Å². The molecule has 0 aliphatic carbocycles. The lowest BCUT2D eigenvalue weighted by molar-refractivity contribution is 0.0192. The lowest BCUT2D eigenvalue weighted by Gasteiger charge is -2.29. The van der Waals surface area contributed by atoms with Gasteiger partial charge in [-0.05, 0) is 41.3 Å². The number of nitrogens with zero attached hydrogens (tertiary/aromatic N) is 2. The molecule has 1 saturated heterocycles. The van der Waals surface area contributed by atoms with Gasteiger partial charge in [0.25, 0.3) is 0 Å². The second-order valence-electron chi connectivity index (χ2n) is 5.94. The molecule has 17 heavy (non-hydrogen) atoms. The molecule has 0 saturated carbocycles. The SMILES string of the molecule is CN(C)C[C@@H]1C[C@H](O)CN1C(=O)OC(C)(C)C. The second kappa shape index (κ2) is 5.23. The molecule has 1 aliphatic rings. The van der Waals surface area contributed by atoms with E-state index in [-0.39, 0.29) is 12.1 Å². The summed E-state index contributed by atoms with van der Waals surface area (Å²) in [7, 11) is 3.91. The van der Waals surface area contributed by atoms with Gasteiger partial charge in [-0.15, -0.1) is 0 Å². The zero-order chi connectivity index (χ0) is 13.2. The van der Waals surface area contributed by atoms with Crippen LogP contribution in [0.15, 0.2) is 0 Å². The van der Waals surface area contributed by atoms with Crippen LogP contribution in [0.5, 0.6) is 0 Å². The molecule has 5 heteroatoms. The first kappa shape index (κ1) is 14.3. The molecule has 2 atom stereocenters. The summed E-state index contributed by atoms with van der Waals surface area (Å²) in [4.78, 5) is 15.6. The van der Waals surface area contributed by atoms with Crippen LogP contribution in [0.1, 0.15) is 27.2 Å². The molecular weight excluding hydrogens is 220 g/mol. The number of likely N-dealkylation sites (N-methyl/N-ethyl adjacent to an activating group) is 1. The summed E-state index contributed by atoms with van der Waals surface area (Å²) in [6.45, 7) is 6.65. The zero-order valence-electron chi connectivity index (χ0n) is 11.4. The Morgan fingerprint density at radius 2 is 2.06 bits per heavy atom. The predicted molar refractivity (Wildman–Crippen MR) is 65.9 cm³/mol. The smallest absolute Gasteiger partial charge is 0.410 e. The summed E-state index contributed by atoms with van der Waals surface area (Å²) in [5.41, 5.74) is -0.493. The standard InChI is InChI=1S/C12H24N2O3/c1-12(2,3)17-11(16)14-8-10(15)6-9(14)7-13(4)5/h9-10,15H,6-8H2,1-5H3/t9-,10-/m0/s1. The fraction of sp³-hybridized carbons (Fsp3) is 0.917. The molecule has 0 radical (unpaired) electrons. The number of aliphatic hydroxyl groups excluding tert-OH is 1. The van der Waals surface area contributed by atoms with Gasteiger partial charge in [-0.2, -0.15) is 0 Å². The molecule has 0 unspecified atom stereocenters. The number of ether oxygens (including phenoxy) is 1. The van der Waals surface area contributed by atoms with Gasteiger partial charge in [0.05, 0.1) is 18.7 Å². The molecule has 1 amide bonds. The van der Waals surface area contributed by atoms with E-state index in [2.05, 4.69) is 0 Å². The third-order valence-corrected chi connectivity index (χ3v) is 2.60. The molecule has 1 N–H and O–H groups in total. The monoisotopic (exact) mass is 244 g/mol. The van der Waals surface area contributed by atoms with Gasteiger partial charge in [0, 0.05) is 6.54 Å². The van der Waals surface area contributed by atoms with Gasteiger partial charge >= 0.3 is 6.09 Å². The summed E-state index contributed by atoms with van der Waals surface area (Å²) >= 11 is 0. The second-order valence-corrected chi connectivity index (χ2v) is 5.94. The summed E-state index contributed by atoms with van der Waals surface area (Å²) in [6, 6.07) is 0.0369. The Hall–Kier alpha value is -0.810. The number of β-amino-alcohol motifs (C(OH)–C–C–N with tert-alkyl or cyclic N) is 1. The van der Waals surface area contributed by atoms with E-state index in [4.69, 9.17) is 4.74 Å². The highest BCUT2D eigenvalue weighted by atomic mass is 16.6. The minimum Gasteiger partial charge on any atom is -0.444 e. The Morgan fingerprint density at radius 1 is 1.47 bits per heavy atom. The van der Waals surface area contributed by atoms with Crippen molar-refractivity contribution >= 4 is 6.09 Å². The summed E-state index contributed by atoms with van der Waals surface area (Å²) in [5.74, 6) is 0. The molecule has 1 rings (SSSR count). The average Bonchev–Trinajstić information content (AvgIpc) is 2.42. The van der Waals surface area contributed by atoms with Gasteiger partial charge in [-0.3, -0.25) is 0 Å². The van der Waals surface area contributed by atoms with Gasteiger partial charge in [0.1, 0.15) is 5.60 Å². The van der Waals surface area contributed by atoms with E-state index in [1.165, 1.54) is 0 Å². The van der Waals surface area contributed by atoms with Crippen molar-refractivity contribution in [2.45, 2.75) is 44.9 Å². The maximum atomic E-state index is 12.0. The minimum atomic E-state index is -0.493. The maximum Gasteiger partial charge on any atom is 0.410 e. The Bertz CT molecular complexity index is 273. The molecule has 0 aromatic carbocycles. The Kier molecular flexibility index (Phi) is 4.38. The van der Waals surface area contributed by atoms with Crippen LogP contribution in [-0.4, -0.2) is 65.9 Å². The van der Waals surface area contributed by atoms with E-state index in [0.29, 0.717) is 13.0 Å². The van der Waals surface area contributed by atoms with Gasteiger partial charge in [-0.1, -0.05) is 0 Å². The zero-order valence-corrected chi connectivity index (χ0v) is 11.4. The molecule has 5 nitrogen and oxygen atoms in total. The first-order valence-corrected chi connectivity index (χ1v) is 6.01. The molecule has 100 valence electrons. The molecule has 1 fully saturated rings. The topological polar surface area (TPSA) is 53.0 Å². The van der Waals surface area contributed by atoms with Crippen LogP contribution in [0.2, 0.25) is 0 Å². The Balaban J connectivity index is 2.63. The van der Waals surface area contributed by atoms with Gasteiger partial charge < -0.3 is 19.6 Å². The number of carbonyl (C=O) groups is 1. The van der Waals surface area contributed by atoms with Crippen LogP contribution >= 0.6 is 0 Å². The highest BCUT2D eigenvalue weighted by Crippen LogP contribution is 2.21. The van der Waals surface area contributed by atoms with E-state index in [1.54, 1.807) is 4.90 Å². The van der Waals surface area contributed by atoms with Crippen molar-refractivity contribution in [2.24, 2.45) is 0 Å². The first-order chi connectivity index (χ1) is 7.69. The van der Waals surface area contributed by atoms with E-state index >= 15 is 0 Å². The first-order valence-electron chi connectivity index (χ1n) is 6.01. The number of hydrogen-bond acceptors (Lipinski definition) is 4. The van der Waals surface area contributed by atoms with Crippen LogP contribution in [0.4, 0.5) is 4.79 Å². The quantitative estimate of drug-likeness (QED) is 0.785. The lowest BCUT2D eigenvalue weighted by Crippen LogP contribution is -2.44. The van der Waals surface area contributed by atoms with E-state index in [0.717, 1.165) is 6.54 Å². The molecule has 0 aromatic rings. The van der Waals surface area contributed by atoms with E-state index in [1.807, 2.05) is 39.8 Å². The fourth-order valence-electron chi connectivity index (χ4n) is 2.03. The minimum absolute atomic E-state index is 0.0369. The number of hydrogen-bond donors (Lipinski definition) is 1. The molecule has 0 spiro atoms. The van der Waals surface area contributed by atoms with Gasteiger partial charge in [0.2, 0.25) is 0 Å². The van der Waals surface area contributed by atoms with Gasteiger partial charge in [-0.25, -0.2) is 4.79 Å². The number of likely N-dealkylation sites (tertiary alicyclic amines) is 1. The number of aliphatic hydroxyl groups is 1. The predicted octanol–water partition coefficient (Wildman–Crippen LogP) is 0.918. The number of rotatable bonds is 2. The molecular formula is C12H24N2O3. The van der Waals surface area contributed by atoms with E-state index in [9.17, 15) is 9.90 Å². The largest absolute Gasteiger partial charge is 0.444 e. The summed E-state index contributed by atoms with van der Waals surface area (Å²) in [5, 5.41) is 9.66. The maximum absolute atomic E-state index is 12.0. The summed E-state index contributed by atoms with van der Waals surface area (Å²) in [6.07, 6.45) is -0.148. The van der Waals surface area contributed by atoms with Crippen molar-refractivity contribution in [3.63, 3.8) is 0 Å². The van der Waals surface area contributed by atoms with Crippen LogP contribution in [-0.2, 0) is 4.74 Å². The lowest BCUT2D eigenvalue weighted by atomic mass is 10.2. The number of carbonyl (C=O) groups excluding carboxylic acids is 1. The Labute approximate surface area is 103 Å². The fourth-order valence-corrected chi connectivity index (χ4v) is 2.03. The van der Waals surface area contributed by atoms with Crippen molar-refractivity contribution in [1.29, 1.82) is 0 Å². The molecule has 1 heterocycles. The molecule has 0 aromatic heterocycles. The van der Waals surface area contributed by atoms with Crippen molar-refractivity contribution in [1.82, 2.24) is 9.80 Å². The Morgan fingerprint density at radius 3 is 2.53 bits per heavy atom.